The highest BCUT2D eigenvalue weighted by molar-refractivity contribution is 5.86. The number of allylic oxidation sites excluding steroid dienone is 6. The highest BCUT2D eigenvalue weighted by Gasteiger charge is 2.20. The molecule has 1 aliphatic carbocycles. The summed E-state index contributed by atoms with van der Waals surface area (Å²) in [5.41, 5.74) is 16.6. The maximum atomic E-state index is 16.1. The smallest absolute Gasteiger partial charge is 0.0937 e. The van der Waals surface area contributed by atoms with Crippen LogP contribution in [0.4, 0.5) is 21.5 Å². The van der Waals surface area contributed by atoms with E-state index in [1.165, 1.54) is 11.1 Å². The molecule has 0 amide bonds. The van der Waals surface area contributed by atoms with Gasteiger partial charge in [-0.05, 0) is 107 Å². The van der Waals surface area contributed by atoms with Crippen molar-refractivity contribution in [2.75, 3.05) is 16.0 Å². The van der Waals surface area contributed by atoms with Crippen molar-refractivity contribution in [2.24, 2.45) is 0 Å². The maximum Gasteiger partial charge on any atom is 0.0937 e. The molecule has 0 atom stereocenters. The second-order valence-electron chi connectivity index (χ2n) is 10.7. The molecular weight excluding hydrogens is 541 g/mol. The van der Waals surface area contributed by atoms with Gasteiger partial charge in [0.2, 0.25) is 0 Å². The fourth-order valence-corrected chi connectivity index (χ4v) is 5.27. The Morgan fingerprint density at radius 2 is 1.30 bits per heavy atom. The molecule has 0 radical (unpaired) electrons. The summed E-state index contributed by atoms with van der Waals surface area (Å²) in [6.07, 6.45) is 12.8. The Kier molecular flexibility index (Phi) is 8.51. The van der Waals surface area contributed by atoms with Crippen molar-refractivity contribution in [3.63, 3.8) is 0 Å². The van der Waals surface area contributed by atoms with Gasteiger partial charge in [0.15, 0.2) is 0 Å². The molecule has 1 aliphatic rings. The first-order chi connectivity index (χ1) is 21.6. The Morgan fingerprint density at radius 1 is 0.682 bits per heavy atom. The predicted molar refractivity (Wildman–Crippen MR) is 185 cm³/mol. The standard InChI is InChI=1S/C40H34FN3/c1-30(28-36-29-35(24-27-40(36)42)34-20-18-33(19-21-34)32-12-6-4-7-13-32)31-22-25-39(26-23-31)44(41)43(38-16-10-5-11-17-38)37-14-8-2-3-9-15-37/h2,4-29H,3,42H2,1H3/b30-28+. The number of hydrogen-bond donors (Lipinski definition) is 1. The summed E-state index contributed by atoms with van der Waals surface area (Å²) < 4.78 is 16.1. The Morgan fingerprint density at radius 3 is 2.00 bits per heavy atom. The average Bonchev–Trinajstić information content (AvgIpc) is 3.36. The molecule has 0 spiro atoms. The number of nitrogens with two attached hydrogens (primary N) is 1. The van der Waals surface area contributed by atoms with Crippen LogP contribution >= 0.6 is 0 Å². The summed E-state index contributed by atoms with van der Waals surface area (Å²) >= 11 is 0. The number of hydrazine groups is 1. The number of nitrogens with zero attached hydrogens (tertiary/aromatic N) is 2. The summed E-state index contributed by atoms with van der Waals surface area (Å²) in [6, 6.07) is 42.1. The van der Waals surface area contributed by atoms with Gasteiger partial charge in [-0.1, -0.05) is 114 Å². The zero-order valence-electron chi connectivity index (χ0n) is 24.6. The van der Waals surface area contributed by atoms with Gasteiger partial charge >= 0.3 is 0 Å². The molecule has 5 aromatic carbocycles. The van der Waals surface area contributed by atoms with Gasteiger partial charge in [-0.3, -0.25) is 0 Å². The number of nitrogen functional groups attached to an aromatic ring is 1. The van der Waals surface area contributed by atoms with Gasteiger partial charge < -0.3 is 5.73 Å². The molecule has 0 fully saturated rings. The minimum absolute atomic E-state index is 0.424. The lowest BCUT2D eigenvalue weighted by atomic mass is 9.97. The molecule has 0 heterocycles. The molecule has 0 aliphatic heterocycles. The molecule has 0 unspecified atom stereocenters. The van der Waals surface area contributed by atoms with Crippen molar-refractivity contribution in [3.8, 4) is 22.3 Å². The highest BCUT2D eigenvalue weighted by atomic mass is 19.2. The predicted octanol–water partition coefficient (Wildman–Crippen LogP) is 10.7. The molecule has 0 saturated carbocycles. The van der Waals surface area contributed by atoms with E-state index >= 15 is 4.48 Å². The first-order valence-electron chi connectivity index (χ1n) is 14.8. The lowest BCUT2D eigenvalue weighted by Gasteiger charge is -2.31. The second-order valence-corrected chi connectivity index (χ2v) is 10.7. The van der Waals surface area contributed by atoms with Crippen molar-refractivity contribution in [2.45, 2.75) is 13.3 Å². The van der Waals surface area contributed by atoms with Crippen molar-refractivity contribution >= 4 is 28.7 Å². The van der Waals surface area contributed by atoms with Crippen molar-refractivity contribution in [3.05, 3.63) is 175 Å². The monoisotopic (exact) mass is 575 g/mol. The Hall–Kier alpha value is -5.61. The molecule has 0 bridgehead atoms. The molecule has 44 heavy (non-hydrogen) atoms. The van der Waals surface area contributed by atoms with E-state index in [1.54, 1.807) is 17.1 Å². The first-order valence-corrected chi connectivity index (χ1v) is 14.8. The van der Waals surface area contributed by atoms with Gasteiger partial charge in [0.25, 0.3) is 0 Å². The van der Waals surface area contributed by atoms with Gasteiger partial charge in [0.1, 0.15) is 0 Å². The van der Waals surface area contributed by atoms with Gasteiger partial charge in [-0.2, -0.15) is 0 Å². The summed E-state index contributed by atoms with van der Waals surface area (Å²) in [4.78, 5) is 0. The summed E-state index contributed by atoms with van der Waals surface area (Å²) in [5.74, 6) is 0. The zero-order valence-corrected chi connectivity index (χ0v) is 24.6. The summed E-state index contributed by atoms with van der Waals surface area (Å²) in [6.45, 7) is 2.05. The van der Waals surface area contributed by atoms with E-state index in [0.717, 1.165) is 45.6 Å². The molecule has 6 rings (SSSR count). The molecule has 216 valence electrons. The van der Waals surface area contributed by atoms with E-state index in [9.17, 15) is 0 Å². The lowest BCUT2D eigenvalue weighted by molar-refractivity contribution is 0.431. The Labute approximate surface area is 258 Å². The van der Waals surface area contributed by atoms with E-state index in [1.807, 2.05) is 91.9 Å². The van der Waals surface area contributed by atoms with E-state index in [2.05, 4.69) is 66.7 Å². The number of halogens is 1. The molecule has 0 saturated heterocycles. The highest BCUT2D eigenvalue weighted by Crippen LogP contribution is 2.32. The van der Waals surface area contributed by atoms with Crippen molar-refractivity contribution in [1.29, 1.82) is 0 Å². The molecule has 0 aromatic heterocycles. The summed E-state index contributed by atoms with van der Waals surface area (Å²) in [5, 5.41) is 2.26. The average molecular weight is 576 g/mol. The van der Waals surface area contributed by atoms with Gasteiger partial charge in [-0.15, -0.1) is 5.23 Å². The largest absolute Gasteiger partial charge is 0.398 e. The number of anilines is 3. The van der Waals surface area contributed by atoms with Crippen LogP contribution < -0.4 is 16.0 Å². The quantitative estimate of drug-likeness (QED) is 0.0864. The van der Waals surface area contributed by atoms with Crippen LogP contribution in [0.3, 0.4) is 0 Å². The van der Waals surface area contributed by atoms with Gasteiger partial charge in [0, 0.05) is 5.69 Å². The van der Waals surface area contributed by atoms with E-state index in [0.29, 0.717) is 16.6 Å². The number of para-hydroxylation sites is 1. The first kappa shape index (κ1) is 28.5. The van der Waals surface area contributed by atoms with Crippen molar-refractivity contribution in [1.82, 2.24) is 0 Å². The molecule has 3 nitrogen and oxygen atoms in total. The topological polar surface area (TPSA) is 32.5 Å². The van der Waals surface area contributed by atoms with Crippen LogP contribution in [0.5, 0.6) is 0 Å². The fourth-order valence-electron chi connectivity index (χ4n) is 5.27. The number of benzene rings is 5. The minimum atomic E-state index is 0.424. The Bertz CT molecular complexity index is 1840. The zero-order chi connectivity index (χ0) is 30.3. The second kappa shape index (κ2) is 13.1. The van der Waals surface area contributed by atoms with Crippen LogP contribution in [0.1, 0.15) is 24.5 Å². The third-order valence-corrected chi connectivity index (χ3v) is 7.70. The molecule has 5 aromatic rings. The molecular formula is C40H34FN3. The van der Waals surface area contributed by atoms with Crippen LogP contribution in [0.15, 0.2) is 163 Å². The summed E-state index contributed by atoms with van der Waals surface area (Å²) in [7, 11) is 0. The van der Waals surface area contributed by atoms with Crippen LogP contribution in [-0.4, -0.2) is 0 Å². The molecule has 2 N–H and O–H groups in total. The molecule has 4 heteroatoms. The third-order valence-electron chi connectivity index (χ3n) is 7.70. The number of rotatable bonds is 8. The Balaban J connectivity index is 1.24. The van der Waals surface area contributed by atoms with Crippen LogP contribution in [0.2, 0.25) is 0 Å². The van der Waals surface area contributed by atoms with Gasteiger partial charge in [0.05, 0.1) is 17.1 Å². The number of hydrogen-bond acceptors (Lipinski definition) is 3. The lowest BCUT2D eigenvalue weighted by Crippen LogP contribution is -2.36. The fraction of sp³-hybridized carbons (Fsp3) is 0.0500. The normalized spacial score (nSPS) is 12.9. The van der Waals surface area contributed by atoms with Crippen LogP contribution in [0.25, 0.3) is 33.9 Å². The van der Waals surface area contributed by atoms with E-state index in [4.69, 9.17) is 5.73 Å². The van der Waals surface area contributed by atoms with Crippen molar-refractivity contribution < 1.29 is 4.48 Å². The SMILES string of the molecule is C/C(=C\c1cc(-c2ccc(-c3ccccc3)cc2)ccc1N)c1ccc(N(F)N(C2=CC=CCC=C2)c2ccccc2)cc1. The van der Waals surface area contributed by atoms with E-state index in [-0.39, 0.29) is 0 Å². The van der Waals surface area contributed by atoms with Crippen LogP contribution in [-0.2, 0) is 0 Å². The van der Waals surface area contributed by atoms with Gasteiger partial charge in [-0.25, -0.2) is 5.01 Å². The van der Waals surface area contributed by atoms with Crippen LogP contribution in [0, 0.1) is 0 Å². The maximum absolute atomic E-state index is 16.1. The third kappa shape index (κ3) is 6.40. The minimum Gasteiger partial charge on any atom is -0.398 e. The van der Waals surface area contributed by atoms with E-state index < -0.39 is 0 Å².